The second-order valence-electron chi connectivity index (χ2n) is 4.14. The van der Waals surface area contributed by atoms with Crippen LogP contribution in [0.1, 0.15) is 13.3 Å². The highest BCUT2D eigenvalue weighted by Gasteiger charge is 2.09. The van der Waals surface area contributed by atoms with Gasteiger partial charge in [0, 0.05) is 25.0 Å². The molecule has 92 valence electrons. The Balaban J connectivity index is 2.29. The average Bonchev–Trinajstić information content (AvgIpc) is 2.84. The molecule has 0 aliphatic heterocycles. The number of fused-ring (bicyclic) bond motifs is 3. The summed E-state index contributed by atoms with van der Waals surface area (Å²) >= 11 is 0. The Morgan fingerprint density at radius 1 is 1.39 bits per heavy atom. The van der Waals surface area contributed by atoms with Crippen molar-refractivity contribution >= 4 is 22.5 Å². The van der Waals surface area contributed by atoms with E-state index in [0.717, 1.165) is 24.1 Å². The molecule has 0 aliphatic carbocycles. The standard InChI is InChI=1S/C13H13FN4/c1-2-5-15-12-13-16-6-7-18(13)11-4-3-9(14)8-10(11)17-12/h3-4,6-8H,2,5H2,1H3,(H,15,17). The van der Waals surface area contributed by atoms with Crippen LogP contribution < -0.4 is 5.32 Å². The molecule has 3 rings (SSSR count). The van der Waals surface area contributed by atoms with Crippen molar-refractivity contribution < 1.29 is 4.39 Å². The van der Waals surface area contributed by atoms with Gasteiger partial charge in [-0.3, -0.25) is 4.40 Å². The van der Waals surface area contributed by atoms with Crippen molar-refractivity contribution in [3.63, 3.8) is 0 Å². The number of rotatable bonds is 3. The van der Waals surface area contributed by atoms with Crippen LogP contribution in [0.4, 0.5) is 10.2 Å². The predicted octanol–water partition coefficient (Wildman–Crippen LogP) is 2.84. The fourth-order valence-electron chi connectivity index (χ4n) is 2.00. The van der Waals surface area contributed by atoms with E-state index in [-0.39, 0.29) is 5.82 Å². The monoisotopic (exact) mass is 244 g/mol. The van der Waals surface area contributed by atoms with Gasteiger partial charge in [-0.05, 0) is 18.6 Å². The largest absolute Gasteiger partial charge is 0.367 e. The Hall–Kier alpha value is -2.17. The van der Waals surface area contributed by atoms with E-state index in [0.29, 0.717) is 11.3 Å². The van der Waals surface area contributed by atoms with Crippen molar-refractivity contribution in [3.05, 3.63) is 36.4 Å². The minimum atomic E-state index is -0.282. The molecular formula is C13H13FN4. The fraction of sp³-hybridized carbons (Fsp3) is 0.231. The molecule has 3 aromatic rings. The molecule has 0 aliphatic rings. The fourth-order valence-corrected chi connectivity index (χ4v) is 2.00. The van der Waals surface area contributed by atoms with Crippen molar-refractivity contribution in [1.82, 2.24) is 14.4 Å². The lowest BCUT2D eigenvalue weighted by Gasteiger charge is -2.08. The second-order valence-corrected chi connectivity index (χ2v) is 4.14. The maximum atomic E-state index is 13.3. The van der Waals surface area contributed by atoms with Gasteiger partial charge in [-0.2, -0.15) is 0 Å². The number of anilines is 1. The first-order valence-electron chi connectivity index (χ1n) is 5.96. The van der Waals surface area contributed by atoms with Gasteiger partial charge >= 0.3 is 0 Å². The van der Waals surface area contributed by atoms with Crippen LogP contribution in [0.3, 0.4) is 0 Å². The Bertz CT molecular complexity index is 705. The number of nitrogens with zero attached hydrogens (tertiary/aromatic N) is 3. The summed E-state index contributed by atoms with van der Waals surface area (Å²) in [5, 5.41) is 3.22. The highest BCUT2D eigenvalue weighted by atomic mass is 19.1. The molecule has 0 bridgehead atoms. The van der Waals surface area contributed by atoms with Crippen LogP contribution in [-0.4, -0.2) is 20.9 Å². The molecule has 0 atom stereocenters. The number of hydrogen-bond acceptors (Lipinski definition) is 3. The average molecular weight is 244 g/mol. The molecule has 0 spiro atoms. The van der Waals surface area contributed by atoms with Crippen molar-refractivity contribution in [2.45, 2.75) is 13.3 Å². The SMILES string of the molecule is CCCNc1nc2cc(F)ccc2n2ccnc12. The molecule has 2 aromatic heterocycles. The summed E-state index contributed by atoms with van der Waals surface area (Å²) < 4.78 is 15.2. The molecule has 0 saturated heterocycles. The Morgan fingerprint density at radius 2 is 2.28 bits per heavy atom. The minimum Gasteiger partial charge on any atom is -0.367 e. The van der Waals surface area contributed by atoms with Crippen LogP contribution in [-0.2, 0) is 0 Å². The van der Waals surface area contributed by atoms with E-state index in [1.54, 1.807) is 12.3 Å². The van der Waals surface area contributed by atoms with E-state index < -0.39 is 0 Å². The number of hydrogen-bond donors (Lipinski definition) is 1. The van der Waals surface area contributed by atoms with E-state index >= 15 is 0 Å². The molecule has 0 saturated carbocycles. The molecule has 0 fully saturated rings. The lowest BCUT2D eigenvalue weighted by molar-refractivity contribution is 0.629. The van der Waals surface area contributed by atoms with Gasteiger partial charge in [0.1, 0.15) is 5.82 Å². The summed E-state index contributed by atoms with van der Waals surface area (Å²) in [7, 11) is 0. The summed E-state index contributed by atoms with van der Waals surface area (Å²) in [6, 6.07) is 4.59. The summed E-state index contributed by atoms with van der Waals surface area (Å²) in [4.78, 5) is 8.73. The van der Waals surface area contributed by atoms with E-state index in [4.69, 9.17) is 0 Å². The third-order valence-electron chi connectivity index (χ3n) is 2.82. The van der Waals surface area contributed by atoms with Crippen molar-refractivity contribution in [2.24, 2.45) is 0 Å². The summed E-state index contributed by atoms with van der Waals surface area (Å²) in [5.74, 6) is 0.413. The Labute approximate surface area is 103 Å². The molecule has 18 heavy (non-hydrogen) atoms. The third kappa shape index (κ3) is 1.68. The van der Waals surface area contributed by atoms with Crippen LogP contribution in [0.25, 0.3) is 16.7 Å². The molecule has 4 nitrogen and oxygen atoms in total. The van der Waals surface area contributed by atoms with Gasteiger partial charge < -0.3 is 5.32 Å². The first kappa shape index (κ1) is 11.0. The summed E-state index contributed by atoms with van der Waals surface area (Å²) in [6.45, 7) is 2.90. The number of benzene rings is 1. The molecule has 2 heterocycles. The maximum Gasteiger partial charge on any atom is 0.180 e. The molecule has 0 amide bonds. The molecular weight excluding hydrogens is 231 g/mol. The molecule has 0 unspecified atom stereocenters. The first-order valence-corrected chi connectivity index (χ1v) is 5.96. The minimum absolute atomic E-state index is 0.282. The van der Waals surface area contributed by atoms with Gasteiger partial charge in [-0.15, -0.1) is 0 Å². The second kappa shape index (κ2) is 4.25. The highest BCUT2D eigenvalue weighted by molar-refractivity contribution is 5.82. The zero-order valence-corrected chi connectivity index (χ0v) is 10.0. The van der Waals surface area contributed by atoms with Crippen molar-refractivity contribution in [1.29, 1.82) is 0 Å². The predicted molar refractivity (Wildman–Crippen MR) is 69.2 cm³/mol. The smallest absolute Gasteiger partial charge is 0.180 e. The number of nitrogens with one attached hydrogen (secondary N) is 1. The van der Waals surface area contributed by atoms with E-state index in [1.165, 1.54) is 12.1 Å². The van der Waals surface area contributed by atoms with Crippen molar-refractivity contribution in [2.75, 3.05) is 11.9 Å². The summed E-state index contributed by atoms with van der Waals surface area (Å²) in [6.07, 6.45) is 4.57. The molecule has 1 aromatic carbocycles. The molecule has 0 radical (unpaired) electrons. The summed E-state index contributed by atoms with van der Waals surface area (Å²) in [5.41, 5.74) is 2.24. The van der Waals surface area contributed by atoms with Gasteiger partial charge in [-0.1, -0.05) is 6.92 Å². The Morgan fingerprint density at radius 3 is 3.11 bits per heavy atom. The van der Waals surface area contributed by atoms with E-state index in [2.05, 4.69) is 22.2 Å². The zero-order valence-electron chi connectivity index (χ0n) is 10.0. The lowest BCUT2D eigenvalue weighted by atomic mass is 10.3. The quantitative estimate of drug-likeness (QED) is 0.770. The van der Waals surface area contributed by atoms with Gasteiger partial charge in [-0.25, -0.2) is 14.4 Å². The Kier molecular flexibility index (Phi) is 2.59. The van der Waals surface area contributed by atoms with Gasteiger partial charge in [0.15, 0.2) is 11.5 Å². The lowest BCUT2D eigenvalue weighted by Crippen LogP contribution is -2.05. The molecule has 5 heteroatoms. The third-order valence-corrected chi connectivity index (χ3v) is 2.82. The van der Waals surface area contributed by atoms with Crippen LogP contribution in [0.15, 0.2) is 30.6 Å². The van der Waals surface area contributed by atoms with Crippen LogP contribution >= 0.6 is 0 Å². The topological polar surface area (TPSA) is 42.2 Å². The van der Waals surface area contributed by atoms with Gasteiger partial charge in [0.25, 0.3) is 0 Å². The first-order chi connectivity index (χ1) is 8.79. The number of imidazole rings is 1. The highest BCUT2D eigenvalue weighted by Crippen LogP contribution is 2.21. The van der Waals surface area contributed by atoms with Gasteiger partial charge in [0.05, 0.1) is 11.0 Å². The van der Waals surface area contributed by atoms with Crippen LogP contribution in [0, 0.1) is 5.82 Å². The number of aromatic nitrogens is 3. The maximum absolute atomic E-state index is 13.3. The normalized spacial score (nSPS) is 11.2. The van der Waals surface area contributed by atoms with Crippen molar-refractivity contribution in [3.8, 4) is 0 Å². The van der Waals surface area contributed by atoms with Crippen LogP contribution in [0.5, 0.6) is 0 Å². The number of halogens is 1. The zero-order chi connectivity index (χ0) is 12.5. The van der Waals surface area contributed by atoms with Gasteiger partial charge in [0.2, 0.25) is 0 Å². The van der Waals surface area contributed by atoms with E-state index in [9.17, 15) is 4.39 Å². The van der Waals surface area contributed by atoms with E-state index in [1.807, 2.05) is 10.6 Å². The molecule has 1 N–H and O–H groups in total. The van der Waals surface area contributed by atoms with Crippen LogP contribution in [0.2, 0.25) is 0 Å².